The molecule has 27 heavy (non-hydrogen) atoms. The normalized spacial score (nSPS) is 10.9. The maximum atomic E-state index is 12.8. The molecule has 4 aromatic rings. The molecule has 5 heteroatoms. The highest BCUT2D eigenvalue weighted by molar-refractivity contribution is 7.13. The summed E-state index contributed by atoms with van der Waals surface area (Å²) in [5.41, 5.74) is 4.66. The van der Waals surface area contributed by atoms with Gasteiger partial charge in [0.05, 0.1) is 11.4 Å². The van der Waals surface area contributed by atoms with Crippen molar-refractivity contribution in [2.75, 3.05) is 0 Å². The first kappa shape index (κ1) is 17.7. The summed E-state index contributed by atoms with van der Waals surface area (Å²) < 4.78 is 1.53. The van der Waals surface area contributed by atoms with Gasteiger partial charge in [0.1, 0.15) is 5.69 Å². The van der Waals surface area contributed by atoms with Gasteiger partial charge in [0.15, 0.2) is 0 Å². The van der Waals surface area contributed by atoms with Gasteiger partial charge in [-0.05, 0) is 47.2 Å². The van der Waals surface area contributed by atoms with E-state index in [0.717, 1.165) is 27.3 Å². The van der Waals surface area contributed by atoms with Crippen molar-refractivity contribution in [3.63, 3.8) is 0 Å². The van der Waals surface area contributed by atoms with Crippen molar-refractivity contribution in [3.8, 4) is 21.7 Å². The van der Waals surface area contributed by atoms with E-state index in [1.165, 1.54) is 10.2 Å². The molecule has 0 radical (unpaired) electrons. The number of hydrogen-bond donors (Lipinski definition) is 0. The van der Waals surface area contributed by atoms with Gasteiger partial charge in [-0.3, -0.25) is 4.79 Å². The minimum Gasteiger partial charge on any atom is -0.268 e. The molecule has 0 atom stereocenters. The third-order valence-corrected chi connectivity index (χ3v) is 5.60. The fourth-order valence-corrected chi connectivity index (χ4v) is 3.97. The van der Waals surface area contributed by atoms with Gasteiger partial charge in [-0.1, -0.05) is 54.1 Å². The van der Waals surface area contributed by atoms with Crippen LogP contribution in [0.1, 0.15) is 11.1 Å². The summed E-state index contributed by atoms with van der Waals surface area (Å²) in [7, 11) is 0. The minimum absolute atomic E-state index is 0.124. The minimum atomic E-state index is -0.124. The average molecular weight is 393 g/mol. The van der Waals surface area contributed by atoms with Crippen LogP contribution in [-0.4, -0.2) is 9.78 Å². The zero-order chi connectivity index (χ0) is 18.8. The molecular weight excluding hydrogens is 376 g/mol. The van der Waals surface area contributed by atoms with Crippen molar-refractivity contribution in [3.05, 3.63) is 98.6 Å². The highest BCUT2D eigenvalue weighted by Gasteiger charge is 2.15. The third-order valence-electron chi connectivity index (χ3n) is 4.29. The van der Waals surface area contributed by atoms with Crippen LogP contribution >= 0.6 is 22.9 Å². The second-order valence-corrected chi connectivity index (χ2v) is 7.73. The number of hydrogen-bond acceptors (Lipinski definition) is 3. The summed E-state index contributed by atoms with van der Waals surface area (Å²) >= 11 is 7.66. The second kappa shape index (κ2) is 7.51. The maximum Gasteiger partial charge on any atom is 0.267 e. The quantitative estimate of drug-likeness (QED) is 0.450. The van der Waals surface area contributed by atoms with Gasteiger partial charge in [-0.2, -0.15) is 5.10 Å². The van der Waals surface area contributed by atoms with E-state index in [1.54, 1.807) is 17.4 Å². The lowest BCUT2D eigenvalue weighted by Crippen LogP contribution is -2.23. The first-order valence-electron chi connectivity index (χ1n) is 8.58. The lowest BCUT2D eigenvalue weighted by atomic mass is 10.0. The predicted molar refractivity (Wildman–Crippen MR) is 113 cm³/mol. The monoisotopic (exact) mass is 392 g/mol. The van der Waals surface area contributed by atoms with Crippen LogP contribution in [0.5, 0.6) is 0 Å². The third kappa shape index (κ3) is 3.87. The van der Waals surface area contributed by atoms with Crippen LogP contribution in [0.2, 0.25) is 5.02 Å². The van der Waals surface area contributed by atoms with Gasteiger partial charge in [0.25, 0.3) is 5.56 Å². The largest absolute Gasteiger partial charge is 0.268 e. The van der Waals surface area contributed by atoms with E-state index in [-0.39, 0.29) is 5.56 Å². The Morgan fingerprint density at radius 3 is 2.44 bits per heavy atom. The maximum absolute atomic E-state index is 12.8. The molecule has 0 amide bonds. The number of aryl methyl sites for hydroxylation is 1. The van der Waals surface area contributed by atoms with Crippen LogP contribution in [0.4, 0.5) is 0 Å². The van der Waals surface area contributed by atoms with Gasteiger partial charge in [0, 0.05) is 16.7 Å². The first-order valence-corrected chi connectivity index (χ1v) is 9.83. The molecule has 0 aliphatic carbocycles. The van der Waals surface area contributed by atoms with Crippen molar-refractivity contribution in [1.82, 2.24) is 9.78 Å². The molecule has 0 unspecified atom stereocenters. The van der Waals surface area contributed by atoms with Crippen LogP contribution < -0.4 is 5.56 Å². The molecule has 2 aromatic carbocycles. The topological polar surface area (TPSA) is 34.9 Å². The number of thiophene rings is 1. The molecule has 0 spiro atoms. The Balaban J connectivity index is 1.87. The predicted octanol–water partition coefficient (Wildman–Crippen LogP) is 5.65. The smallest absolute Gasteiger partial charge is 0.267 e. The van der Waals surface area contributed by atoms with Gasteiger partial charge >= 0.3 is 0 Å². The fourth-order valence-electron chi connectivity index (χ4n) is 2.95. The average Bonchev–Trinajstić information content (AvgIpc) is 3.11. The summed E-state index contributed by atoms with van der Waals surface area (Å²) in [6, 6.07) is 21.2. The highest BCUT2D eigenvalue weighted by Crippen LogP contribution is 2.33. The number of benzene rings is 2. The van der Waals surface area contributed by atoms with Crippen LogP contribution in [-0.2, 0) is 6.54 Å². The molecule has 0 aliphatic rings. The molecular formula is C22H17ClN2OS. The zero-order valence-corrected chi connectivity index (χ0v) is 16.3. The zero-order valence-electron chi connectivity index (χ0n) is 14.7. The fraction of sp³-hybridized carbons (Fsp3) is 0.0909. The summed E-state index contributed by atoms with van der Waals surface area (Å²) in [4.78, 5) is 13.8. The van der Waals surface area contributed by atoms with E-state index in [4.69, 9.17) is 16.7 Å². The Morgan fingerprint density at radius 2 is 1.78 bits per heavy atom. The number of rotatable bonds is 4. The Hall–Kier alpha value is -2.69. The van der Waals surface area contributed by atoms with Crippen molar-refractivity contribution < 1.29 is 0 Å². The Bertz CT molecular complexity index is 1130. The molecule has 2 heterocycles. The summed E-state index contributed by atoms with van der Waals surface area (Å²) in [5, 5.41) is 7.49. The Morgan fingerprint density at radius 1 is 1.04 bits per heavy atom. The Kier molecular flexibility index (Phi) is 4.92. The molecule has 3 nitrogen and oxygen atoms in total. The van der Waals surface area contributed by atoms with E-state index in [2.05, 4.69) is 18.4 Å². The molecule has 0 aliphatic heterocycles. The highest BCUT2D eigenvalue weighted by atomic mass is 35.5. The molecule has 0 N–H and O–H groups in total. The first-order chi connectivity index (χ1) is 13.1. The van der Waals surface area contributed by atoms with Gasteiger partial charge in [0.2, 0.25) is 0 Å². The molecule has 2 aromatic heterocycles. The van der Waals surface area contributed by atoms with E-state index < -0.39 is 0 Å². The van der Waals surface area contributed by atoms with Gasteiger partial charge in [-0.25, -0.2) is 4.68 Å². The SMILES string of the molecule is Cc1csc(-c2nn(Cc3ccccc3)c(=O)cc2-c2ccc(Cl)cc2)c1. The summed E-state index contributed by atoms with van der Waals surface area (Å²) in [6.45, 7) is 2.50. The standard InChI is InChI=1S/C22H17ClN2OS/c1-15-11-20(27-14-15)22-19(17-7-9-18(23)10-8-17)12-21(26)25(24-22)13-16-5-3-2-4-6-16/h2-12,14H,13H2,1H3. The van der Waals surface area contributed by atoms with Gasteiger partial charge in [-0.15, -0.1) is 11.3 Å². The van der Waals surface area contributed by atoms with Crippen LogP contribution in [0.3, 0.4) is 0 Å². The van der Waals surface area contributed by atoms with Crippen molar-refractivity contribution >= 4 is 22.9 Å². The second-order valence-electron chi connectivity index (χ2n) is 6.38. The van der Waals surface area contributed by atoms with E-state index >= 15 is 0 Å². The summed E-state index contributed by atoms with van der Waals surface area (Å²) in [6.07, 6.45) is 0. The Labute approximate surface area is 166 Å². The van der Waals surface area contributed by atoms with Crippen molar-refractivity contribution in [1.29, 1.82) is 0 Å². The van der Waals surface area contributed by atoms with Gasteiger partial charge < -0.3 is 0 Å². The molecule has 0 saturated carbocycles. The lowest BCUT2D eigenvalue weighted by molar-refractivity contribution is 0.644. The van der Waals surface area contributed by atoms with E-state index in [0.29, 0.717) is 11.6 Å². The lowest BCUT2D eigenvalue weighted by Gasteiger charge is -2.12. The van der Waals surface area contributed by atoms with Crippen molar-refractivity contribution in [2.24, 2.45) is 0 Å². The number of nitrogens with zero attached hydrogens (tertiary/aromatic N) is 2. The molecule has 0 saturated heterocycles. The number of aromatic nitrogens is 2. The van der Waals surface area contributed by atoms with Crippen LogP contribution in [0.15, 0.2) is 76.9 Å². The molecule has 0 fully saturated rings. The van der Waals surface area contributed by atoms with E-state index in [1.807, 2.05) is 54.6 Å². The van der Waals surface area contributed by atoms with E-state index in [9.17, 15) is 4.79 Å². The molecule has 0 bridgehead atoms. The molecule has 134 valence electrons. The molecule has 4 rings (SSSR count). The van der Waals surface area contributed by atoms with Crippen LogP contribution in [0, 0.1) is 6.92 Å². The van der Waals surface area contributed by atoms with Crippen LogP contribution in [0.25, 0.3) is 21.7 Å². The number of halogens is 1. The van der Waals surface area contributed by atoms with Crippen molar-refractivity contribution in [2.45, 2.75) is 13.5 Å². The summed E-state index contributed by atoms with van der Waals surface area (Å²) in [5.74, 6) is 0.